The summed E-state index contributed by atoms with van der Waals surface area (Å²) in [6, 6.07) is 6.47. The number of likely N-dealkylation sites (tertiary alicyclic amines) is 1. The van der Waals surface area contributed by atoms with Crippen molar-refractivity contribution >= 4 is 34.8 Å². The molecule has 0 radical (unpaired) electrons. The molecule has 2 aromatic rings. The maximum atomic E-state index is 12.6. The Morgan fingerprint density at radius 2 is 2.23 bits per heavy atom. The predicted molar refractivity (Wildman–Crippen MR) is 95.7 cm³/mol. The summed E-state index contributed by atoms with van der Waals surface area (Å²) in [7, 11) is 0. The summed E-state index contributed by atoms with van der Waals surface area (Å²) < 4.78 is 16.0. The number of benzene rings is 1. The molecular weight excluding hydrogens is 378 g/mol. The number of amides is 1. The van der Waals surface area contributed by atoms with Gasteiger partial charge in [-0.05, 0) is 42.0 Å². The lowest BCUT2D eigenvalue weighted by molar-refractivity contribution is -0.149. The maximum absolute atomic E-state index is 12.6. The molecule has 0 saturated carbocycles. The molecule has 136 valence electrons. The number of rotatable bonds is 4. The fourth-order valence-corrected chi connectivity index (χ4v) is 4.12. The number of nitrogens with zero attached hydrogens (tertiary/aromatic N) is 1. The van der Waals surface area contributed by atoms with Gasteiger partial charge in [-0.2, -0.15) is 0 Å². The summed E-state index contributed by atoms with van der Waals surface area (Å²) in [6.45, 7) is 0.749. The molecule has 1 saturated heterocycles. The van der Waals surface area contributed by atoms with Crippen molar-refractivity contribution in [3.05, 3.63) is 45.1 Å². The topological polar surface area (TPSA) is 65.1 Å². The third kappa shape index (κ3) is 3.24. The highest BCUT2D eigenvalue weighted by Crippen LogP contribution is 2.40. The average molecular weight is 394 g/mol. The number of hydrogen-bond acceptors (Lipinski definition) is 6. The minimum absolute atomic E-state index is 0.0622. The maximum Gasteiger partial charge on any atom is 0.329 e. The molecule has 0 bridgehead atoms. The summed E-state index contributed by atoms with van der Waals surface area (Å²) in [5.41, 5.74) is 0.710. The van der Waals surface area contributed by atoms with Gasteiger partial charge in [-0.25, -0.2) is 4.79 Å². The van der Waals surface area contributed by atoms with Crippen LogP contribution in [0.5, 0.6) is 11.5 Å². The smallest absolute Gasteiger partial charge is 0.329 e. The number of ether oxygens (including phenoxy) is 3. The van der Waals surface area contributed by atoms with Crippen LogP contribution in [-0.2, 0) is 16.1 Å². The van der Waals surface area contributed by atoms with Crippen LogP contribution in [0.25, 0.3) is 0 Å². The van der Waals surface area contributed by atoms with Crippen molar-refractivity contribution in [2.45, 2.75) is 25.5 Å². The van der Waals surface area contributed by atoms with Crippen LogP contribution in [0.1, 0.15) is 28.1 Å². The monoisotopic (exact) mass is 393 g/mol. The van der Waals surface area contributed by atoms with Crippen LogP contribution < -0.4 is 9.47 Å². The highest BCUT2D eigenvalue weighted by molar-refractivity contribution is 7.12. The van der Waals surface area contributed by atoms with Crippen LogP contribution in [0.15, 0.2) is 29.6 Å². The summed E-state index contributed by atoms with van der Waals surface area (Å²) in [6.07, 6.45) is 1.39. The van der Waals surface area contributed by atoms with Crippen LogP contribution in [0.3, 0.4) is 0 Å². The van der Waals surface area contributed by atoms with Gasteiger partial charge in [0, 0.05) is 6.54 Å². The number of hydrogen-bond donors (Lipinski definition) is 0. The minimum atomic E-state index is -0.547. The molecule has 3 heterocycles. The van der Waals surface area contributed by atoms with Crippen LogP contribution in [0.2, 0.25) is 5.02 Å². The minimum Gasteiger partial charge on any atom is -0.459 e. The molecule has 4 rings (SSSR count). The van der Waals surface area contributed by atoms with Crippen molar-refractivity contribution in [3.8, 4) is 11.5 Å². The first kappa shape index (κ1) is 17.2. The van der Waals surface area contributed by atoms with Gasteiger partial charge < -0.3 is 19.1 Å². The summed E-state index contributed by atoms with van der Waals surface area (Å²) in [4.78, 5) is 27.3. The van der Waals surface area contributed by atoms with E-state index in [4.69, 9.17) is 25.8 Å². The standard InChI is InChI=1S/C18H16ClNO5S/c19-12-7-11(8-14-16(12)25-10-24-14)9-23-18(22)13-3-1-5-20(13)17(21)15-4-2-6-26-15/h2,4,6-8,13H,1,3,5,9-10H2/t13-/m0/s1. The van der Waals surface area contributed by atoms with E-state index in [1.807, 2.05) is 11.4 Å². The van der Waals surface area contributed by atoms with Gasteiger partial charge in [0.2, 0.25) is 6.79 Å². The molecule has 8 heteroatoms. The van der Waals surface area contributed by atoms with Crippen molar-refractivity contribution in [1.82, 2.24) is 4.90 Å². The van der Waals surface area contributed by atoms with Crippen LogP contribution in [-0.4, -0.2) is 36.2 Å². The first-order valence-corrected chi connectivity index (χ1v) is 9.48. The second-order valence-corrected chi connectivity index (χ2v) is 7.41. The molecule has 0 aliphatic carbocycles. The Bertz CT molecular complexity index is 838. The first-order valence-electron chi connectivity index (χ1n) is 8.22. The SMILES string of the molecule is O=C(OCc1cc(Cl)c2c(c1)OCO2)[C@@H]1CCCN1C(=O)c1cccs1. The Kier molecular flexibility index (Phi) is 4.74. The highest BCUT2D eigenvalue weighted by Gasteiger charge is 2.36. The molecule has 1 aromatic carbocycles. The van der Waals surface area contributed by atoms with Gasteiger partial charge in [-0.15, -0.1) is 11.3 Å². The van der Waals surface area contributed by atoms with Crippen molar-refractivity contribution in [1.29, 1.82) is 0 Å². The summed E-state index contributed by atoms with van der Waals surface area (Å²) >= 11 is 7.51. The zero-order chi connectivity index (χ0) is 18.1. The van der Waals surface area contributed by atoms with E-state index in [0.29, 0.717) is 39.9 Å². The third-order valence-electron chi connectivity index (χ3n) is 4.39. The third-order valence-corrected chi connectivity index (χ3v) is 5.52. The van der Waals surface area contributed by atoms with E-state index in [9.17, 15) is 9.59 Å². The molecule has 0 spiro atoms. The van der Waals surface area contributed by atoms with Crippen molar-refractivity contribution in [2.24, 2.45) is 0 Å². The second kappa shape index (κ2) is 7.17. The van der Waals surface area contributed by atoms with E-state index < -0.39 is 12.0 Å². The molecule has 1 atom stereocenters. The number of thiophene rings is 1. The predicted octanol–water partition coefficient (Wildman–Crippen LogP) is 3.48. The van der Waals surface area contributed by atoms with E-state index in [2.05, 4.69) is 0 Å². The number of fused-ring (bicyclic) bond motifs is 1. The Morgan fingerprint density at radius 3 is 3.04 bits per heavy atom. The van der Waals surface area contributed by atoms with E-state index in [1.54, 1.807) is 23.1 Å². The zero-order valence-corrected chi connectivity index (χ0v) is 15.3. The lowest BCUT2D eigenvalue weighted by Crippen LogP contribution is -2.41. The van der Waals surface area contributed by atoms with Crippen LogP contribution in [0, 0.1) is 0 Å². The fraction of sp³-hybridized carbons (Fsp3) is 0.333. The largest absolute Gasteiger partial charge is 0.459 e. The lowest BCUT2D eigenvalue weighted by atomic mass is 10.2. The first-order chi connectivity index (χ1) is 12.6. The molecule has 0 unspecified atom stereocenters. The van der Waals surface area contributed by atoms with E-state index in [1.165, 1.54) is 11.3 Å². The number of halogens is 1. The molecule has 1 aromatic heterocycles. The molecule has 1 fully saturated rings. The normalized spacial score (nSPS) is 18.2. The number of esters is 1. The average Bonchev–Trinajstić information content (AvgIpc) is 3.39. The van der Waals surface area contributed by atoms with Gasteiger partial charge >= 0.3 is 5.97 Å². The van der Waals surface area contributed by atoms with Crippen LogP contribution >= 0.6 is 22.9 Å². The van der Waals surface area contributed by atoms with Gasteiger partial charge in [-0.3, -0.25) is 4.79 Å². The highest BCUT2D eigenvalue weighted by atomic mass is 35.5. The Hall–Kier alpha value is -2.25. The van der Waals surface area contributed by atoms with E-state index in [0.717, 1.165) is 6.42 Å². The Balaban J connectivity index is 1.41. The molecule has 2 aliphatic rings. The molecule has 2 aliphatic heterocycles. The van der Waals surface area contributed by atoms with Gasteiger partial charge in [0.15, 0.2) is 11.5 Å². The summed E-state index contributed by atoms with van der Waals surface area (Å²) in [5, 5.41) is 2.27. The van der Waals surface area contributed by atoms with Crippen molar-refractivity contribution in [3.63, 3.8) is 0 Å². The number of carbonyl (C=O) groups is 2. The van der Waals surface area contributed by atoms with Gasteiger partial charge in [-0.1, -0.05) is 17.7 Å². The van der Waals surface area contributed by atoms with Gasteiger partial charge in [0.25, 0.3) is 5.91 Å². The molecule has 26 heavy (non-hydrogen) atoms. The molecule has 1 amide bonds. The molecular formula is C18H16ClNO5S. The molecule has 6 nitrogen and oxygen atoms in total. The van der Waals surface area contributed by atoms with Crippen LogP contribution in [0.4, 0.5) is 0 Å². The second-order valence-electron chi connectivity index (χ2n) is 6.05. The van der Waals surface area contributed by atoms with Crippen molar-refractivity contribution < 1.29 is 23.8 Å². The quantitative estimate of drug-likeness (QED) is 0.744. The Labute approximate surface area is 159 Å². The lowest BCUT2D eigenvalue weighted by Gasteiger charge is -2.22. The fourth-order valence-electron chi connectivity index (χ4n) is 3.15. The Morgan fingerprint density at radius 1 is 1.35 bits per heavy atom. The van der Waals surface area contributed by atoms with Gasteiger partial charge in [0.1, 0.15) is 12.6 Å². The zero-order valence-electron chi connectivity index (χ0n) is 13.8. The number of carbonyl (C=O) groups excluding carboxylic acids is 2. The van der Waals surface area contributed by atoms with E-state index >= 15 is 0 Å². The van der Waals surface area contributed by atoms with Gasteiger partial charge in [0.05, 0.1) is 9.90 Å². The van der Waals surface area contributed by atoms with Crippen molar-refractivity contribution in [2.75, 3.05) is 13.3 Å². The summed E-state index contributed by atoms with van der Waals surface area (Å²) in [5.74, 6) is 0.524. The molecule has 0 N–H and O–H groups in total. The van der Waals surface area contributed by atoms with E-state index in [-0.39, 0.29) is 19.3 Å².